The van der Waals surface area contributed by atoms with Gasteiger partial charge in [0.2, 0.25) is 0 Å². The maximum Gasteiger partial charge on any atom is 0.119 e. The van der Waals surface area contributed by atoms with Crippen LogP contribution in [0.4, 0.5) is 0 Å². The molecule has 1 aromatic carbocycles. The third kappa shape index (κ3) is 2.54. The molecule has 110 valence electrons. The third-order valence-corrected chi connectivity index (χ3v) is 4.61. The number of rotatable bonds is 3. The molecular weight excluding hydrogens is 260 g/mol. The number of ether oxygens (including phenoxy) is 1. The predicted octanol–water partition coefficient (Wildman–Crippen LogP) is 3.38. The van der Waals surface area contributed by atoms with Crippen LogP contribution in [0.25, 0.3) is 0 Å². The minimum absolute atomic E-state index is 0.245. The summed E-state index contributed by atoms with van der Waals surface area (Å²) in [7, 11) is 1.68. The van der Waals surface area contributed by atoms with Gasteiger partial charge in [-0.25, -0.2) is 0 Å². The number of nitrogens with two attached hydrogens (primary N) is 1. The highest BCUT2D eigenvalue weighted by Crippen LogP contribution is 2.42. The molecule has 2 N–H and O–H groups in total. The molecule has 2 aromatic rings. The van der Waals surface area contributed by atoms with Crippen molar-refractivity contribution in [3.63, 3.8) is 0 Å². The Morgan fingerprint density at radius 1 is 1.29 bits per heavy atom. The monoisotopic (exact) mass is 282 g/mol. The van der Waals surface area contributed by atoms with Gasteiger partial charge in [-0.2, -0.15) is 0 Å². The van der Waals surface area contributed by atoms with Crippen molar-refractivity contribution in [1.29, 1.82) is 0 Å². The summed E-state index contributed by atoms with van der Waals surface area (Å²) in [5.74, 6) is 1.09. The molecule has 1 aliphatic rings. The van der Waals surface area contributed by atoms with Gasteiger partial charge >= 0.3 is 0 Å². The van der Waals surface area contributed by atoms with Crippen molar-refractivity contribution in [3.8, 4) is 5.75 Å². The molecule has 0 amide bonds. The number of pyridine rings is 1. The molecule has 2 unspecified atom stereocenters. The van der Waals surface area contributed by atoms with Gasteiger partial charge in [0, 0.05) is 23.3 Å². The average molecular weight is 282 g/mol. The molecule has 1 aliphatic carbocycles. The Labute approximate surface area is 126 Å². The fourth-order valence-corrected chi connectivity index (χ4v) is 3.35. The SMILES string of the molecule is COc1cccc(C(C)(N)C2CCCc3cccnc32)c1. The van der Waals surface area contributed by atoms with Gasteiger partial charge in [-0.15, -0.1) is 0 Å². The van der Waals surface area contributed by atoms with E-state index in [1.165, 1.54) is 12.0 Å². The fraction of sp³-hybridized carbons (Fsp3) is 0.389. The summed E-state index contributed by atoms with van der Waals surface area (Å²) in [5.41, 5.74) is 9.92. The predicted molar refractivity (Wildman–Crippen MR) is 84.4 cm³/mol. The van der Waals surface area contributed by atoms with Crippen LogP contribution in [-0.2, 0) is 12.0 Å². The van der Waals surface area contributed by atoms with Crippen LogP contribution >= 0.6 is 0 Å². The first-order chi connectivity index (χ1) is 10.1. The van der Waals surface area contributed by atoms with Crippen molar-refractivity contribution < 1.29 is 4.74 Å². The van der Waals surface area contributed by atoms with Crippen molar-refractivity contribution in [2.75, 3.05) is 7.11 Å². The number of methoxy groups -OCH3 is 1. The number of aromatic nitrogens is 1. The summed E-state index contributed by atoms with van der Waals surface area (Å²) in [5, 5.41) is 0. The lowest BCUT2D eigenvalue weighted by Gasteiger charge is -2.38. The Bertz CT molecular complexity index is 637. The zero-order valence-corrected chi connectivity index (χ0v) is 12.7. The highest BCUT2D eigenvalue weighted by molar-refractivity contribution is 5.38. The molecule has 3 heteroatoms. The third-order valence-electron chi connectivity index (χ3n) is 4.61. The average Bonchev–Trinajstić information content (AvgIpc) is 2.54. The van der Waals surface area contributed by atoms with Crippen LogP contribution in [0.5, 0.6) is 5.75 Å². The van der Waals surface area contributed by atoms with Gasteiger partial charge in [-0.1, -0.05) is 18.2 Å². The van der Waals surface area contributed by atoms with Crippen LogP contribution in [0.3, 0.4) is 0 Å². The molecule has 0 saturated carbocycles. The lowest BCUT2D eigenvalue weighted by Crippen LogP contribution is -2.41. The number of aryl methyl sites for hydroxylation is 1. The Balaban J connectivity index is 2.02. The first-order valence-corrected chi connectivity index (χ1v) is 7.50. The first kappa shape index (κ1) is 14.1. The van der Waals surface area contributed by atoms with E-state index in [2.05, 4.69) is 24.0 Å². The Hall–Kier alpha value is -1.87. The molecular formula is C18H22N2O. The largest absolute Gasteiger partial charge is 0.497 e. The molecule has 0 aliphatic heterocycles. The zero-order chi connectivity index (χ0) is 14.9. The number of hydrogen-bond donors (Lipinski definition) is 1. The van der Waals surface area contributed by atoms with Crippen molar-refractivity contribution in [2.24, 2.45) is 5.73 Å². The van der Waals surface area contributed by atoms with Crippen LogP contribution in [0.15, 0.2) is 42.6 Å². The number of fused-ring (bicyclic) bond motifs is 1. The normalized spacial score (nSPS) is 20.4. The van der Waals surface area contributed by atoms with E-state index in [-0.39, 0.29) is 5.92 Å². The van der Waals surface area contributed by atoms with E-state index < -0.39 is 5.54 Å². The quantitative estimate of drug-likeness (QED) is 0.938. The minimum atomic E-state index is -0.446. The van der Waals surface area contributed by atoms with Crippen LogP contribution in [0.1, 0.15) is 42.5 Å². The summed E-state index contributed by atoms with van der Waals surface area (Å²) in [6.45, 7) is 2.11. The second-order valence-corrected chi connectivity index (χ2v) is 6.01. The van der Waals surface area contributed by atoms with Crippen molar-refractivity contribution in [1.82, 2.24) is 4.98 Å². The molecule has 1 aromatic heterocycles. The van der Waals surface area contributed by atoms with Crippen LogP contribution in [0.2, 0.25) is 0 Å². The maximum atomic E-state index is 6.76. The molecule has 0 saturated heterocycles. The summed E-state index contributed by atoms with van der Waals surface area (Å²) in [6.07, 6.45) is 5.22. The topological polar surface area (TPSA) is 48.1 Å². The summed E-state index contributed by atoms with van der Waals surface area (Å²) in [6, 6.07) is 12.3. The first-order valence-electron chi connectivity index (χ1n) is 7.50. The Morgan fingerprint density at radius 3 is 2.95 bits per heavy atom. The highest BCUT2D eigenvalue weighted by atomic mass is 16.5. The van der Waals surface area contributed by atoms with E-state index in [0.29, 0.717) is 0 Å². The molecule has 2 atom stereocenters. The minimum Gasteiger partial charge on any atom is -0.497 e. The molecule has 0 spiro atoms. The van der Waals surface area contributed by atoms with Gasteiger partial charge in [0.25, 0.3) is 0 Å². The van der Waals surface area contributed by atoms with Gasteiger partial charge < -0.3 is 10.5 Å². The van der Waals surface area contributed by atoms with E-state index in [0.717, 1.165) is 29.8 Å². The number of benzene rings is 1. The molecule has 3 rings (SSSR count). The van der Waals surface area contributed by atoms with E-state index in [4.69, 9.17) is 10.5 Å². The van der Waals surface area contributed by atoms with Gasteiger partial charge in [-0.05, 0) is 55.5 Å². The molecule has 0 radical (unpaired) electrons. The van der Waals surface area contributed by atoms with Crippen molar-refractivity contribution in [3.05, 3.63) is 59.4 Å². The zero-order valence-electron chi connectivity index (χ0n) is 12.7. The molecule has 0 fully saturated rings. The van der Waals surface area contributed by atoms with Gasteiger partial charge in [0.05, 0.1) is 7.11 Å². The Morgan fingerprint density at radius 2 is 2.14 bits per heavy atom. The number of nitrogens with zero attached hydrogens (tertiary/aromatic N) is 1. The van der Waals surface area contributed by atoms with E-state index in [1.807, 2.05) is 30.5 Å². The molecule has 1 heterocycles. The van der Waals surface area contributed by atoms with Crippen molar-refractivity contribution in [2.45, 2.75) is 37.6 Å². The summed E-state index contributed by atoms with van der Waals surface area (Å²) < 4.78 is 5.34. The lowest BCUT2D eigenvalue weighted by atomic mass is 9.72. The summed E-state index contributed by atoms with van der Waals surface area (Å²) in [4.78, 5) is 4.62. The standard InChI is InChI=1S/C18H22N2O/c1-18(19,14-8-4-9-15(12-14)21-2)16-10-3-6-13-7-5-11-20-17(13)16/h4-5,7-9,11-12,16H,3,6,10,19H2,1-2H3. The van der Waals surface area contributed by atoms with Crippen LogP contribution < -0.4 is 10.5 Å². The lowest BCUT2D eigenvalue weighted by molar-refractivity contribution is 0.339. The fourth-order valence-electron chi connectivity index (χ4n) is 3.35. The van der Waals surface area contributed by atoms with Crippen LogP contribution in [-0.4, -0.2) is 12.1 Å². The van der Waals surface area contributed by atoms with Gasteiger partial charge in [0.1, 0.15) is 5.75 Å². The highest BCUT2D eigenvalue weighted by Gasteiger charge is 2.37. The van der Waals surface area contributed by atoms with E-state index in [9.17, 15) is 0 Å². The molecule has 3 nitrogen and oxygen atoms in total. The van der Waals surface area contributed by atoms with Gasteiger partial charge in [0.15, 0.2) is 0 Å². The second-order valence-electron chi connectivity index (χ2n) is 6.01. The molecule has 21 heavy (non-hydrogen) atoms. The van der Waals surface area contributed by atoms with E-state index >= 15 is 0 Å². The van der Waals surface area contributed by atoms with Gasteiger partial charge in [-0.3, -0.25) is 4.98 Å². The summed E-state index contributed by atoms with van der Waals surface area (Å²) >= 11 is 0. The van der Waals surface area contributed by atoms with Crippen LogP contribution in [0, 0.1) is 0 Å². The maximum absolute atomic E-state index is 6.76. The Kier molecular flexibility index (Phi) is 3.68. The smallest absolute Gasteiger partial charge is 0.119 e. The second kappa shape index (κ2) is 5.49. The molecule has 0 bridgehead atoms. The van der Waals surface area contributed by atoms with E-state index in [1.54, 1.807) is 7.11 Å². The number of hydrogen-bond acceptors (Lipinski definition) is 3. The van der Waals surface area contributed by atoms with Crippen molar-refractivity contribution >= 4 is 0 Å².